The summed E-state index contributed by atoms with van der Waals surface area (Å²) in [5.74, 6) is -1.25. The molecule has 6 nitrogen and oxygen atoms in total. The number of carbonyl (C=O) groups excluding carboxylic acids is 2. The molecule has 19 heavy (non-hydrogen) atoms. The highest BCUT2D eigenvalue weighted by atomic mass is 32.1. The van der Waals surface area contributed by atoms with E-state index < -0.39 is 11.8 Å². The predicted octanol–water partition coefficient (Wildman–Crippen LogP) is -0.868. The van der Waals surface area contributed by atoms with Gasteiger partial charge in [0.05, 0.1) is 11.5 Å². The van der Waals surface area contributed by atoms with E-state index in [-0.39, 0.29) is 17.6 Å². The Hall–Kier alpha value is -1.21. The monoisotopic (exact) mass is 284 g/mol. The zero-order valence-electron chi connectivity index (χ0n) is 10.9. The average Bonchev–Trinajstić information content (AvgIpc) is 2.79. The van der Waals surface area contributed by atoms with Crippen LogP contribution in [0.1, 0.15) is 25.7 Å². The van der Waals surface area contributed by atoms with Crippen LogP contribution in [0.3, 0.4) is 0 Å². The van der Waals surface area contributed by atoms with Gasteiger partial charge in [0.25, 0.3) is 0 Å². The predicted molar refractivity (Wildman–Crippen MR) is 75.6 cm³/mol. The lowest BCUT2D eigenvalue weighted by Crippen LogP contribution is -2.51. The van der Waals surface area contributed by atoms with E-state index in [0.717, 1.165) is 25.9 Å². The van der Waals surface area contributed by atoms with E-state index in [2.05, 4.69) is 27.8 Å². The standard InChI is InChI=1S/C12H20N4O2S/c13-10(19)7-14-11(17)12(18)15-8-4-6-16-5-2-1-3-9(8)16/h8-9H,1-7H2,(H2,13,19)(H,14,17)(H,15,18). The van der Waals surface area contributed by atoms with Crippen molar-refractivity contribution in [3.63, 3.8) is 0 Å². The largest absolute Gasteiger partial charge is 0.392 e. The van der Waals surface area contributed by atoms with E-state index in [9.17, 15) is 9.59 Å². The molecule has 2 unspecified atom stereocenters. The maximum Gasteiger partial charge on any atom is 0.309 e. The molecule has 2 saturated heterocycles. The van der Waals surface area contributed by atoms with Crippen molar-refractivity contribution >= 4 is 29.0 Å². The molecule has 0 spiro atoms. The van der Waals surface area contributed by atoms with Gasteiger partial charge in [0.2, 0.25) is 0 Å². The van der Waals surface area contributed by atoms with Gasteiger partial charge in [-0.25, -0.2) is 0 Å². The molecular formula is C12H20N4O2S. The maximum atomic E-state index is 11.8. The van der Waals surface area contributed by atoms with E-state index in [1.54, 1.807) is 0 Å². The molecule has 2 amide bonds. The molecule has 4 N–H and O–H groups in total. The summed E-state index contributed by atoms with van der Waals surface area (Å²) >= 11 is 4.64. The fourth-order valence-corrected chi connectivity index (χ4v) is 2.97. The van der Waals surface area contributed by atoms with Crippen LogP contribution < -0.4 is 16.4 Å². The summed E-state index contributed by atoms with van der Waals surface area (Å²) < 4.78 is 0. The van der Waals surface area contributed by atoms with Crippen LogP contribution in [0, 0.1) is 0 Å². The maximum absolute atomic E-state index is 11.8. The molecule has 2 aliphatic rings. The first-order valence-corrected chi connectivity index (χ1v) is 7.10. The Kier molecular flexibility index (Phi) is 4.71. The minimum absolute atomic E-state index is 0.0573. The SMILES string of the molecule is NC(=S)CNC(=O)C(=O)NC1CCN2CCCCC12. The second-order valence-electron chi connectivity index (χ2n) is 5.12. The van der Waals surface area contributed by atoms with E-state index >= 15 is 0 Å². The number of piperidine rings is 1. The Balaban J connectivity index is 1.82. The molecule has 0 aliphatic carbocycles. The Bertz CT molecular complexity index is 388. The molecule has 0 aromatic heterocycles. The van der Waals surface area contributed by atoms with Gasteiger partial charge in [-0.05, 0) is 25.8 Å². The summed E-state index contributed by atoms with van der Waals surface area (Å²) in [6, 6.07) is 0.476. The van der Waals surface area contributed by atoms with Crippen LogP contribution in [-0.4, -0.2) is 53.4 Å². The van der Waals surface area contributed by atoms with Gasteiger partial charge in [-0.15, -0.1) is 0 Å². The highest BCUT2D eigenvalue weighted by molar-refractivity contribution is 7.80. The van der Waals surface area contributed by atoms with Gasteiger partial charge in [0.1, 0.15) is 0 Å². The number of hydrogen-bond acceptors (Lipinski definition) is 4. The van der Waals surface area contributed by atoms with Crippen LogP contribution in [0.5, 0.6) is 0 Å². The van der Waals surface area contributed by atoms with Gasteiger partial charge in [-0.1, -0.05) is 18.6 Å². The highest BCUT2D eigenvalue weighted by Gasteiger charge is 2.36. The van der Waals surface area contributed by atoms with Crippen LogP contribution in [0.2, 0.25) is 0 Å². The van der Waals surface area contributed by atoms with Crippen molar-refractivity contribution in [1.29, 1.82) is 0 Å². The summed E-state index contributed by atoms with van der Waals surface area (Å²) in [7, 11) is 0. The molecule has 0 aromatic rings. The summed E-state index contributed by atoms with van der Waals surface area (Å²) in [5.41, 5.74) is 5.27. The number of fused-ring (bicyclic) bond motifs is 1. The molecule has 2 rings (SSSR count). The van der Waals surface area contributed by atoms with Crippen LogP contribution >= 0.6 is 12.2 Å². The number of nitrogens with two attached hydrogens (primary N) is 1. The molecule has 0 radical (unpaired) electrons. The normalized spacial score (nSPS) is 26.5. The minimum atomic E-state index is -0.665. The zero-order chi connectivity index (χ0) is 13.8. The van der Waals surface area contributed by atoms with Crippen molar-refractivity contribution in [2.45, 2.75) is 37.8 Å². The molecule has 2 atom stereocenters. The van der Waals surface area contributed by atoms with Crippen LogP contribution in [-0.2, 0) is 9.59 Å². The van der Waals surface area contributed by atoms with Crippen molar-refractivity contribution in [3.8, 4) is 0 Å². The zero-order valence-corrected chi connectivity index (χ0v) is 11.7. The van der Waals surface area contributed by atoms with Gasteiger partial charge in [-0.2, -0.15) is 0 Å². The van der Waals surface area contributed by atoms with E-state index in [0.29, 0.717) is 6.04 Å². The van der Waals surface area contributed by atoms with E-state index in [1.807, 2.05) is 0 Å². The lowest BCUT2D eigenvalue weighted by molar-refractivity contribution is -0.139. The molecule has 7 heteroatoms. The first-order chi connectivity index (χ1) is 9.08. The number of hydrogen-bond donors (Lipinski definition) is 3. The van der Waals surface area contributed by atoms with Crippen molar-refractivity contribution in [2.24, 2.45) is 5.73 Å². The lowest BCUT2D eigenvalue weighted by Gasteiger charge is -2.32. The first kappa shape index (κ1) is 14.2. The number of carbonyl (C=O) groups is 2. The molecule has 106 valence electrons. The Morgan fingerprint density at radius 3 is 2.74 bits per heavy atom. The average molecular weight is 284 g/mol. The number of rotatable bonds is 3. The third-order valence-corrected chi connectivity index (χ3v) is 3.95. The third kappa shape index (κ3) is 3.63. The minimum Gasteiger partial charge on any atom is -0.392 e. The van der Waals surface area contributed by atoms with Gasteiger partial charge >= 0.3 is 11.8 Å². The number of nitrogens with one attached hydrogen (secondary N) is 2. The van der Waals surface area contributed by atoms with Gasteiger partial charge < -0.3 is 16.4 Å². The van der Waals surface area contributed by atoms with Crippen molar-refractivity contribution < 1.29 is 9.59 Å². The van der Waals surface area contributed by atoms with Crippen molar-refractivity contribution in [2.75, 3.05) is 19.6 Å². The quantitative estimate of drug-likeness (QED) is 0.463. The lowest BCUT2D eigenvalue weighted by atomic mass is 9.99. The summed E-state index contributed by atoms with van der Waals surface area (Å²) in [4.78, 5) is 25.9. The Morgan fingerprint density at radius 2 is 2.00 bits per heavy atom. The van der Waals surface area contributed by atoms with E-state index in [4.69, 9.17) is 5.73 Å². The summed E-state index contributed by atoms with van der Waals surface area (Å²) in [5, 5.41) is 5.22. The van der Waals surface area contributed by atoms with Crippen molar-refractivity contribution in [1.82, 2.24) is 15.5 Å². The number of nitrogens with zero attached hydrogens (tertiary/aromatic N) is 1. The van der Waals surface area contributed by atoms with E-state index in [1.165, 1.54) is 12.8 Å². The molecule has 2 aliphatic heterocycles. The third-order valence-electron chi connectivity index (χ3n) is 3.80. The topological polar surface area (TPSA) is 87.5 Å². The highest BCUT2D eigenvalue weighted by Crippen LogP contribution is 2.26. The Morgan fingerprint density at radius 1 is 1.21 bits per heavy atom. The number of thiocarbonyl (C=S) groups is 1. The molecule has 2 heterocycles. The summed E-state index contributed by atoms with van der Waals surface area (Å²) in [6.45, 7) is 2.16. The van der Waals surface area contributed by atoms with Crippen LogP contribution in [0.4, 0.5) is 0 Å². The second-order valence-corrected chi connectivity index (χ2v) is 5.64. The van der Waals surface area contributed by atoms with Crippen LogP contribution in [0.15, 0.2) is 0 Å². The molecule has 0 bridgehead atoms. The van der Waals surface area contributed by atoms with Crippen molar-refractivity contribution in [3.05, 3.63) is 0 Å². The smallest absolute Gasteiger partial charge is 0.309 e. The fourth-order valence-electron chi connectivity index (χ4n) is 2.90. The first-order valence-electron chi connectivity index (χ1n) is 6.69. The van der Waals surface area contributed by atoms with Gasteiger partial charge in [0.15, 0.2) is 0 Å². The molecule has 0 saturated carbocycles. The fraction of sp³-hybridized carbons (Fsp3) is 0.750. The van der Waals surface area contributed by atoms with Gasteiger partial charge in [-0.3, -0.25) is 14.5 Å². The molecule has 2 fully saturated rings. The van der Waals surface area contributed by atoms with Gasteiger partial charge in [0, 0.05) is 18.6 Å². The number of amides is 2. The molecular weight excluding hydrogens is 264 g/mol. The Labute approximate surface area is 118 Å². The molecule has 0 aromatic carbocycles. The second kappa shape index (κ2) is 6.29. The summed E-state index contributed by atoms with van der Waals surface area (Å²) in [6.07, 6.45) is 4.44. The van der Waals surface area contributed by atoms with Crippen LogP contribution in [0.25, 0.3) is 0 Å².